The Morgan fingerprint density at radius 1 is 1.50 bits per heavy atom. The van der Waals surface area contributed by atoms with Crippen molar-refractivity contribution in [3.63, 3.8) is 0 Å². The van der Waals surface area contributed by atoms with Crippen LogP contribution in [-0.2, 0) is 11.3 Å². The van der Waals surface area contributed by atoms with E-state index < -0.39 is 6.61 Å². The van der Waals surface area contributed by atoms with Gasteiger partial charge in [0.05, 0.1) is 13.2 Å². The Morgan fingerprint density at radius 3 is 2.79 bits per heavy atom. The quantitative estimate of drug-likeness (QED) is 0.733. The van der Waals surface area contributed by atoms with E-state index >= 15 is 0 Å². The average molecular weight is 205 g/mol. The lowest BCUT2D eigenvalue weighted by Crippen LogP contribution is -2.13. The van der Waals surface area contributed by atoms with Gasteiger partial charge >= 0.3 is 6.61 Å². The van der Waals surface area contributed by atoms with Crippen molar-refractivity contribution in [2.24, 2.45) is 0 Å². The Hall–Kier alpha value is -1.04. The Balaban J connectivity index is 2.46. The molecule has 0 unspecified atom stereocenters. The highest BCUT2D eigenvalue weighted by atomic mass is 19.3. The van der Waals surface area contributed by atoms with Crippen LogP contribution in [0.1, 0.15) is 25.6 Å². The second-order valence-corrected chi connectivity index (χ2v) is 3.13. The van der Waals surface area contributed by atoms with Gasteiger partial charge in [0.15, 0.2) is 0 Å². The summed E-state index contributed by atoms with van der Waals surface area (Å²) in [4.78, 5) is 4.02. The Bertz CT molecular complexity index is 275. The van der Waals surface area contributed by atoms with Crippen LogP contribution in [0.5, 0.6) is 0 Å². The van der Waals surface area contributed by atoms with Gasteiger partial charge in [-0.3, -0.25) is 0 Å². The molecule has 0 aliphatic rings. The summed E-state index contributed by atoms with van der Waals surface area (Å²) in [5.41, 5.74) is 0. The van der Waals surface area contributed by atoms with Crippen LogP contribution in [-0.4, -0.2) is 28.0 Å². The smallest absolute Gasteiger partial charge is 0.321 e. The summed E-state index contributed by atoms with van der Waals surface area (Å²) >= 11 is 0. The maximum absolute atomic E-state index is 11.7. The van der Waals surface area contributed by atoms with Gasteiger partial charge in [-0.05, 0) is 0 Å². The van der Waals surface area contributed by atoms with Crippen molar-refractivity contribution in [1.82, 2.24) is 14.8 Å². The van der Waals surface area contributed by atoms with Crippen molar-refractivity contribution in [2.45, 2.75) is 32.9 Å². The Labute approximate surface area is 80.9 Å². The molecule has 14 heavy (non-hydrogen) atoms. The molecule has 0 saturated heterocycles. The van der Waals surface area contributed by atoms with E-state index in [0.29, 0.717) is 6.54 Å². The molecule has 0 aliphatic heterocycles. The second-order valence-electron chi connectivity index (χ2n) is 3.13. The van der Waals surface area contributed by atoms with Gasteiger partial charge < -0.3 is 4.74 Å². The zero-order chi connectivity index (χ0) is 10.6. The predicted octanol–water partition coefficient (Wildman–Crippen LogP) is 1.64. The van der Waals surface area contributed by atoms with E-state index in [1.54, 1.807) is 4.68 Å². The van der Waals surface area contributed by atoms with E-state index in [1.807, 2.05) is 13.8 Å². The van der Waals surface area contributed by atoms with Gasteiger partial charge in [0.2, 0.25) is 0 Å². The zero-order valence-electron chi connectivity index (χ0n) is 8.15. The van der Waals surface area contributed by atoms with Crippen LogP contribution in [0.15, 0.2) is 6.33 Å². The third-order valence-corrected chi connectivity index (χ3v) is 1.71. The van der Waals surface area contributed by atoms with Crippen molar-refractivity contribution in [3.05, 3.63) is 12.2 Å². The zero-order valence-corrected chi connectivity index (χ0v) is 8.15. The van der Waals surface area contributed by atoms with Gasteiger partial charge in [0, 0.05) is 5.92 Å². The third kappa shape index (κ3) is 3.02. The van der Waals surface area contributed by atoms with Crippen molar-refractivity contribution in [1.29, 1.82) is 0 Å². The molecule has 0 radical (unpaired) electrons. The van der Waals surface area contributed by atoms with Crippen LogP contribution >= 0.6 is 0 Å². The molecule has 0 fully saturated rings. The normalized spacial score (nSPS) is 11.6. The van der Waals surface area contributed by atoms with E-state index in [2.05, 4.69) is 14.8 Å². The first-order chi connectivity index (χ1) is 6.61. The summed E-state index contributed by atoms with van der Waals surface area (Å²) in [5.74, 6) is 1.01. The van der Waals surface area contributed by atoms with Gasteiger partial charge in [0.1, 0.15) is 12.2 Å². The molecule has 6 heteroatoms. The topological polar surface area (TPSA) is 39.9 Å². The summed E-state index contributed by atoms with van der Waals surface area (Å²) in [5, 5.41) is 3.91. The van der Waals surface area contributed by atoms with E-state index in [4.69, 9.17) is 0 Å². The molecule has 0 aromatic carbocycles. The fraction of sp³-hybridized carbons (Fsp3) is 0.750. The summed E-state index contributed by atoms with van der Waals surface area (Å²) in [7, 11) is 0. The summed E-state index contributed by atoms with van der Waals surface area (Å²) in [6, 6.07) is 0. The summed E-state index contributed by atoms with van der Waals surface area (Å²) in [6.45, 7) is 1.46. The summed E-state index contributed by atoms with van der Waals surface area (Å²) in [6.07, 6.45) is 1.41. The van der Waals surface area contributed by atoms with Crippen LogP contribution < -0.4 is 0 Å². The fourth-order valence-corrected chi connectivity index (χ4v) is 1.12. The number of aromatic nitrogens is 3. The van der Waals surface area contributed by atoms with E-state index in [-0.39, 0.29) is 12.5 Å². The molecule has 80 valence electrons. The SMILES string of the molecule is CC(C)c1ncnn1CCOC(F)F. The molecule has 0 amide bonds. The second kappa shape index (κ2) is 4.99. The molecule has 0 saturated carbocycles. The van der Waals surface area contributed by atoms with Crippen LogP contribution in [0.2, 0.25) is 0 Å². The third-order valence-electron chi connectivity index (χ3n) is 1.71. The fourth-order valence-electron chi connectivity index (χ4n) is 1.12. The molecule has 0 bridgehead atoms. The minimum Gasteiger partial charge on any atom is -0.321 e. The maximum atomic E-state index is 11.7. The first-order valence-corrected chi connectivity index (χ1v) is 4.38. The Kier molecular flexibility index (Phi) is 3.94. The van der Waals surface area contributed by atoms with Crippen LogP contribution in [0.4, 0.5) is 8.78 Å². The molecule has 1 rings (SSSR count). The number of nitrogens with zero attached hydrogens (tertiary/aromatic N) is 3. The van der Waals surface area contributed by atoms with Crippen LogP contribution in [0.3, 0.4) is 0 Å². The minimum atomic E-state index is -2.72. The molecular weight excluding hydrogens is 192 g/mol. The van der Waals surface area contributed by atoms with Gasteiger partial charge in [-0.15, -0.1) is 0 Å². The number of halogens is 2. The molecule has 0 aliphatic carbocycles. The van der Waals surface area contributed by atoms with Crippen molar-refractivity contribution < 1.29 is 13.5 Å². The molecule has 1 aromatic heterocycles. The average Bonchev–Trinajstić information content (AvgIpc) is 2.51. The van der Waals surface area contributed by atoms with Gasteiger partial charge in [-0.2, -0.15) is 13.9 Å². The highest BCUT2D eigenvalue weighted by Crippen LogP contribution is 2.09. The van der Waals surface area contributed by atoms with Crippen molar-refractivity contribution in [3.8, 4) is 0 Å². The largest absolute Gasteiger partial charge is 0.345 e. The number of rotatable bonds is 5. The lowest BCUT2D eigenvalue weighted by molar-refractivity contribution is -0.131. The van der Waals surface area contributed by atoms with Gasteiger partial charge in [0.25, 0.3) is 0 Å². The number of hydrogen-bond donors (Lipinski definition) is 0. The predicted molar refractivity (Wildman–Crippen MR) is 46.1 cm³/mol. The molecule has 1 aromatic rings. The summed E-state index contributed by atoms with van der Waals surface area (Å²) < 4.78 is 29.0. The van der Waals surface area contributed by atoms with E-state index in [9.17, 15) is 8.78 Å². The molecular formula is C8H13F2N3O. The van der Waals surface area contributed by atoms with Gasteiger partial charge in [-0.25, -0.2) is 9.67 Å². The van der Waals surface area contributed by atoms with Gasteiger partial charge in [-0.1, -0.05) is 13.8 Å². The molecule has 0 spiro atoms. The monoisotopic (exact) mass is 205 g/mol. The number of hydrogen-bond acceptors (Lipinski definition) is 3. The lowest BCUT2D eigenvalue weighted by atomic mass is 10.2. The number of alkyl halides is 2. The first-order valence-electron chi connectivity index (χ1n) is 4.38. The lowest BCUT2D eigenvalue weighted by Gasteiger charge is -2.08. The first kappa shape index (κ1) is 11.0. The minimum absolute atomic E-state index is 0.0548. The highest BCUT2D eigenvalue weighted by molar-refractivity contribution is 4.90. The van der Waals surface area contributed by atoms with Crippen LogP contribution in [0.25, 0.3) is 0 Å². The number of ether oxygens (including phenoxy) is 1. The Morgan fingerprint density at radius 2 is 2.21 bits per heavy atom. The van der Waals surface area contributed by atoms with Crippen molar-refractivity contribution >= 4 is 0 Å². The van der Waals surface area contributed by atoms with Crippen LogP contribution in [0, 0.1) is 0 Å². The highest BCUT2D eigenvalue weighted by Gasteiger charge is 2.09. The standard InChI is InChI=1S/C8H13F2N3O/c1-6(2)7-11-5-12-13(7)3-4-14-8(9)10/h5-6,8H,3-4H2,1-2H3. The molecule has 0 N–H and O–H groups in total. The molecule has 4 nitrogen and oxygen atoms in total. The van der Waals surface area contributed by atoms with Crippen molar-refractivity contribution in [2.75, 3.05) is 6.61 Å². The maximum Gasteiger partial charge on any atom is 0.345 e. The van der Waals surface area contributed by atoms with E-state index in [0.717, 1.165) is 5.82 Å². The van der Waals surface area contributed by atoms with E-state index in [1.165, 1.54) is 6.33 Å². The molecule has 1 heterocycles. The molecule has 0 atom stereocenters.